The summed E-state index contributed by atoms with van der Waals surface area (Å²) in [6.07, 6.45) is 0. The number of carbonyl (C=O) groups excluding carboxylic acids is 1. The molecule has 0 aliphatic rings. The molecule has 2 aromatic carbocycles. The first-order chi connectivity index (χ1) is 13.0. The molecule has 27 heavy (non-hydrogen) atoms. The number of nitrogens with zero attached hydrogens (tertiary/aromatic N) is 2. The van der Waals surface area contributed by atoms with Gasteiger partial charge in [-0.25, -0.2) is 4.39 Å². The van der Waals surface area contributed by atoms with Gasteiger partial charge < -0.3 is 14.5 Å². The third-order valence-corrected chi connectivity index (χ3v) is 4.73. The highest BCUT2D eigenvalue weighted by atomic mass is 35.5. The Morgan fingerprint density at radius 3 is 2.70 bits per heavy atom. The number of halogens is 2. The van der Waals surface area contributed by atoms with E-state index in [2.05, 4.69) is 15.5 Å². The van der Waals surface area contributed by atoms with Crippen molar-refractivity contribution in [3.8, 4) is 17.2 Å². The number of hydrogen-bond acceptors (Lipinski definition) is 6. The molecule has 0 radical (unpaired) electrons. The molecule has 0 saturated carbocycles. The summed E-state index contributed by atoms with van der Waals surface area (Å²) >= 11 is 7.08. The Balaban J connectivity index is 1.67. The number of amides is 1. The van der Waals surface area contributed by atoms with Crippen LogP contribution in [0.1, 0.15) is 6.92 Å². The number of aromatic nitrogens is 2. The van der Waals surface area contributed by atoms with E-state index in [4.69, 9.17) is 20.8 Å². The average Bonchev–Trinajstić information content (AvgIpc) is 3.11. The van der Waals surface area contributed by atoms with Crippen molar-refractivity contribution in [3.63, 3.8) is 0 Å². The summed E-state index contributed by atoms with van der Waals surface area (Å²) in [5.41, 5.74) is 1.07. The van der Waals surface area contributed by atoms with Crippen LogP contribution < -0.4 is 10.1 Å². The van der Waals surface area contributed by atoms with E-state index in [1.54, 1.807) is 37.3 Å². The number of thioether (sulfide) groups is 1. The summed E-state index contributed by atoms with van der Waals surface area (Å²) < 4.78 is 23.7. The number of anilines is 1. The molecule has 0 aliphatic heterocycles. The Labute approximate surface area is 164 Å². The molecule has 6 nitrogen and oxygen atoms in total. The minimum atomic E-state index is -0.518. The summed E-state index contributed by atoms with van der Waals surface area (Å²) in [6.45, 7) is 1.71. The molecule has 1 atom stereocenters. The predicted molar refractivity (Wildman–Crippen MR) is 102 cm³/mol. The Bertz CT molecular complexity index is 949. The van der Waals surface area contributed by atoms with Crippen molar-refractivity contribution in [1.29, 1.82) is 0 Å². The van der Waals surface area contributed by atoms with Gasteiger partial charge in [0.25, 0.3) is 5.22 Å². The van der Waals surface area contributed by atoms with Crippen molar-refractivity contribution < 1.29 is 18.3 Å². The first kappa shape index (κ1) is 19.2. The molecule has 1 N–H and O–H groups in total. The molecule has 0 bridgehead atoms. The van der Waals surface area contributed by atoms with Crippen molar-refractivity contribution >= 4 is 35.0 Å². The lowest BCUT2D eigenvalue weighted by Gasteiger charge is -2.13. The number of carbonyl (C=O) groups is 1. The third kappa shape index (κ3) is 4.78. The van der Waals surface area contributed by atoms with Gasteiger partial charge in [0.05, 0.1) is 18.0 Å². The summed E-state index contributed by atoms with van der Waals surface area (Å²) in [5.74, 6) is 0.125. The van der Waals surface area contributed by atoms with Crippen molar-refractivity contribution in [2.75, 3.05) is 12.4 Å². The van der Waals surface area contributed by atoms with E-state index in [0.717, 1.165) is 11.8 Å². The van der Waals surface area contributed by atoms with E-state index >= 15 is 0 Å². The Morgan fingerprint density at radius 1 is 1.26 bits per heavy atom. The van der Waals surface area contributed by atoms with Crippen LogP contribution in [-0.2, 0) is 4.79 Å². The van der Waals surface area contributed by atoms with E-state index in [1.807, 2.05) is 0 Å². The number of hydrogen-bond donors (Lipinski definition) is 1. The monoisotopic (exact) mass is 407 g/mol. The Kier molecular flexibility index (Phi) is 5.98. The van der Waals surface area contributed by atoms with Crippen molar-refractivity contribution in [3.05, 3.63) is 53.3 Å². The molecule has 9 heteroatoms. The number of rotatable bonds is 6. The van der Waals surface area contributed by atoms with Gasteiger partial charge in [0.1, 0.15) is 11.6 Å². The van der Waals surface area contributed by atoms with Gasteiger partial charge in [-0.2, -0.15) is 0 Å². The molecular weight excluding hydrogens is 393 g/mol. The second-order valence-corrected chi connectivity index (χ2v) is 7.20. The molecule has 1 unspecified atom stereocenters. The lowest BCUT2D eigenvalue weighted by atomic mass is 10.2. The van der Waals surface area contributed by atoms with E-state index in [9.17, 15) is 9.18 Å². The molecule has 0 aliphatic carbocycles. The zero-order chi connectivity index (χ0) is 19.4. The zero-order valence-corrected chi connectivity index (χ0v) is 16.0. The number of ether oxygens (including phenoxy) is 1. The van der Waals surface area contributed by atoms with Gasteiger partial charge in [0.2, 0.25) is 11.8 Å². The van der Waals surface area contributed by atoms with Crippen LogP contribution >= 0.6 is 23.4 Å². The quantitative estimate of drug-likeness (QED) is 0.599. The summed E-state index contributed by atoms with van der Waals surface area (Å²) in [7, 11) is 1.51. The van der Waals surface area contributed by atoms with Gasteiger partial charge in [-0.1, -0.05) is 23.4 Å². The molecular formula is C18H15ClFN3O3S. The van der Waals surface area contributed by atoms with Crippen LogP contribution in [0.25, 0.3) is 11.5 Å². The van der Waals surface area contributed by atoms with Crippen molar-refractivity contribution in [2.45, 2.75) is 17.4 Å². The highest BCUT2D eigenvalue weighted by Crippen LogP contribution is 2.30. The molecule has 3 rings (SSSR count). The number of benzene rings is 2. The normalized spacial score (nSPS) is 11.9. The fourth-order valence-electron chi connectivity index (χ4n) is 2.18. The Hall–Kier alpha value is -2.58. The first-order valence-electron chi connectivity index (χ1n) is 7.87. The van der Waals surface area contributed by atoms with Gasteiger partial charge in [0.15, 0.2) is 0 Å². The van der Waals surface area contributed by atoms with Crippen molar-refractivity contribution in [2.24, 2.45) is 0 Å². The van der Waals surface area contributed by atoms with Crippen LogP contribution in [0.2, 0.25) is 5.02 Å². The summed E-state index contributed by atoms with van der Waals surface area (Å²) in [6, 6.07) is 10.6. The summed E-state index contributed by atoms with van der Waals surface area (Å²) in [4.78, 5) is 12.4. The lowest BCUT2D eigenvalue weighted by molar-refractivity contribution is -0.115. The van der Waals surface area contributed by atoms with E-state index in [0.29, 0.717) is 22.0 Å². The van der Waals surface area contributed by atoms with Gasteiger partial charge in [0, 0.05) is 10.6 Å². The number of methoxy groups -OCH3 is 1. The molecule has 0 saturated heterocycles. The Morgan fingerprint density at radius 2 is 2.00 bits per heavy atom. The highest BCUT2D eigenvalue weighted by molar-refractivity contribution is 8.00. The van der Waals surface area contributed by atoms with Crippen LogP contribution in [-0.4, -0.2) is 28.5 Å². The van der Waals surface area contributed by atoms with Gasteiger partial charge >= 0.3 is 0 Å². The average molecular weight is 408 g/mol. The maximum absolute atomic E-state index is 13.0. The fourth-order valence-corrected chi connectivity index (χ4v) is 3.04. The molecule has 1 heterocycles. The standard InChI is InChI=1S/C18H15ClFN3O3S/c1-10(16(24)21-14-9-12(19)5-8-15(14)25-2)27-18-23-22-17(26-18)11-3-6-13(20)7-4-11/h3-10H,1-2H3,(H,21,24). The topological polar surface area (TPSA) is 77.2 Å². The molecule has 1 aromatic heterocycles. The second kappa shape index (κ2) is 8.41. The number of nitrogens with one attached hydrogen (secondary N) is 1. The van der Waals surface area contributed by atoms with Crippen LogP contribution in [0, 0.1) is 5.82 Å². The minimum absolute atomic E-state index is 0.232. The summed E-state index contributed by atoms with van der Waals surface area (Å²) in [5, 5.41) is 10.8. The van der Waals surface area contributed by atoms with Crippen LogP contribution in [0.4, 0.5) is 10.1 Å². The maximum Gasteiger partial charge on any atom is 0.277 e. The van der Waals surface area contributed by atoms with Crippen LogP contribution in [0.5, 0.6) is 5.75 Å². The van der Waals surface area contributed by atoms with Gasteiger partial charge in [-0.3, -0.25) is 4.79 Å². The molecule has 1 amide bonds. The second-order valence-electron chi connectivity index (χ2n) is 5.47. The molecule has 3 aromatic rings. The van der Waals surface area contributed by atoms with E-state index in [-0.39, 0.29) is 22.8 Å². The van der Waals surface area contributed by atoms with E-state index < -0.39 is 5.25 Å². The predicted octanol–water partition coefficient (Wildman–Crippen LogP) is 4.66. The minimum Gasteiger partial charge on any atom is -0.495 e. The van der Waals surface area contributed by atoms with E-state index in [1.165, 1.54) is 19.2 Å². The smallest absolute Gasteiger partial charge is 0.277 e. The highest BCUT2D eigenvalue weighted by Gasteiger charge is 2.20. The molecule has 0 fully saturated rings. The lowest BCUT2D eigenvalue weighted by Crippen LogP contribution is -2.22. The van der Waals surface area contributed by atoms with Gasteiger partial charge in [-0.05, 0) is 49.4 Å². The third-order valence-electron chi connectivity index (χ3n) is 3.56. The fraction of sp³-hybridized carbons (Fsp3) is 0.167. The maximum atomic E-state index is 13.0. The molecule has 140 valence electrons. The van der Waals surface area contributed by atoms with Gasteiger partial charge in [-0.15, -0.1) is 10.2 Å². The van der Waals surface area contributed by atoms with Crippen LogP contribution in [0.3, 0.4) is 0 Å². The SMILES string of the molecule is COc1ccc(Cl)cc1NC(=O)C(C)Sc1nnc(-c2ccc(F)cc2)o1. The zero-order valence-electron chi connectivity index (χ0n) is 14.4. The van der Waals surface area contributed by atoms with Crippen molar-refractivity contribution in [1.82, 2.24) is 10.2 Å². The largest absolute Gasteiger partial charge is 0.495 e. The first-order valence-corrected chi connectivity index (χ1v) is 9.12. The molecule has 0 spiro atoms. The van der Waals surface area contributed by atoms with Crippen LogP contribution in [0.15, 0.2) is 52.1 Å².